The zero-order chi connectivity index (χ0) is 30.6. The summed E-state index contributed by atoms with van der Waals surface area (Å²) in [6, 6.07) is 0. The Morgan fingerprint density at radius 2 is 1.26 bits per heavy atom. The Bertz CT molecular complexity index is 678. The highest BCUT2D eigenvalue weighted by Crippen LogP contribution is 2.15. The number of nitrogens with zero attached hydrogens (tertiary/aromatic N) is 2. The minimum absolute atomic E-state index is 0.00451. The number of hydrogen-bond acceptors (Lipinski definition) is 18. The molecule has 0 heterocycles. The van der Waals surface area contributed by atoms with Gasteiger partial charge in [0.15, 0.2) is 0 Å². The monoisotopic (exact) mass is 730 g/mol. The van der Waals surface area contributed by atoms with Crippen LogP contribution in [0.1, 0.15) is 12.8 Å². The summed E-state index contributed by atoms with van der Waals surface area (Å²) >= 11 is 11.1. The fraction of sp³-hybridized carbons (Fsp3) is 0.818. The highest BCUT2D eigenvalue weighted by molar-refractivity contribution is 8.24. The third-order valence-electron chi connectivity index (χ3n) is 3.78. The molecule has 0 rings (SSSR count). The molecule has 0 aliphatic heterocycles. The van der Waals surface area contributed by atoms with Crippen molar-refractivity contribution < 1.29 is 44.1 Å². The van der Waals surface area contributed by atoms with E-state index in [0.717, 1.165) is 34.5 Å². The van der Waals surface area contributed by atoms with Crippen molar-refractivity contribution in [2.75, 3.05) is 95.5 Å². The maximum absolute atomic E-state index is 11.8. The lowest BCUT2D eigenvalue weighted by atomic mass is 10.5. The van der Waals surface area contributed by atoms with Gasteiger partial charge in [-0.25, -0.2) is 14.8 Å². The molecule has 0 saturated heterocycles. The Kier molecular flexibility index (Phi) is 37.1. The molecule has 4 N–H and O–H groups in total. The molecule has 0 aliphatic rings. The number of carbonyl (C=O) groups is 2. The molecular weight excluding hydrogens is 689 g/mol. The molecular formula is C22H42N4O9S7. The molecule has 0 aromatic rings. The number of rotatable bonds is 31. The molecule has 0 aromatic heterocycles. The highest BCUT2D eigenvalue weighted by atomic mass is 32.2. The average molecular weight is 731 g/mol. The first-order valence-electron chi connectivity index (χ1n) is 12.7. The van der Waals surface area contributed by atoms with Gasteiger partial charge in [0.05, 0.1) is 36.7 Å². The average Bonchev–Trinajstić information content (AvgIpc) is 2.99. The summed E-state index contributed by atoms with van der Waals surface area (Å²) in [5, 5.41) is 23.4. The number of aliphatic hydroxyl groups is 2. The van der Waals surface area contributed by atoms with Gasteiger partial charge in [-0.3, -0.25) is 4.79 Å². The van der Waals surface area contributed by atoms with Crippen LogP contribution in [0.25, 0.3) is 0 Å². The van der Waals surface area contributed by atoms with Crippen LogP contribution >= 0.6 is 82.3 Å². The van der Waals surface area contributed by atoms with Crippen LogP contribution in [0.4, 0.5) is 9.59 Å². The van der Waals surface area contributed by atoms with Crippen molar-refractivity contribution in [1.29, 1.82) is 0 Å². The van der Waals surface area contributed by atoms with E-state index in [2.05, 4.69) is 20.6 Å². The van der Waals surface area contributed by atoms with Gasteiger partial charge in [-0.1, -0.05) is 11.8 Å². The van der Waals surface area contributed by atoms with Gasteiger partial charge in [-0.05, 0) is 6.42 Å². The second-order valence-electron chi connectivity index (χ2n) is 7.02. The van der Waals surface area contributed by atoms with E-state index >= 15 is 0 Å². The predicted molar refractivity (Wildman–Crippen MR) is 184 cm³/mol. The zero-order valence-electron chi connectivity index (χ0n) is 23.4. The maximum Gasteiger partial charge on any atom is 0.407 e. The lowest BCUT2D eigenvalue weighted by molar-refractivity contribution is -0.217. The van der Waals surface area contributed by atoms with Crippen molar-refractivity contribution in [1.82, 2.24) is 10.6 Å². The first-order valence-corrected chi connectivity index (χ1v) is 20.6. The van der Waals surface area contributed by atoms with Gasteiger partial charge in [0.2, 0.25) is 12.8 Å². The number of thioether (sulfide) groups is 7. The molecule has 0 atom stereocenters. The third kappa shape index (κ3) is 36.2. The van der Waals surface area contributed by atoms with Gasteiger partial charge in [-0.15, -0.1) is 70.6 Å². The number of hydrogen-bond donors (Lipinski definition) is 4. The van der Waals surface area contributed by atoms with Gasteiger partial charge in [0.1, 0.15) is 5.94 Å². The van der Waals surface area contributed by atoms with Gasteiger partial charge >= 0.3 is 6.09 Å². The molecule has 0 aliphatic carbocycles. The van der Waals surface area contributed by atoms with Crippen LogP contribution in [0.15, 0.2) is 9.98 Å². The van der Waals surface area contributed by atoms with E-state index in [1.165, 1.54) is 24.6 Å². The molecule has 42 heavy (non-hydrogen) atoms. The van der Waals surface area contributed by atoms with Gasteiger partial charge < -0.3 is 35.4 Å². The van der Waals surface area contributed by atoms with Crippen molar-refractivity contribution in [3.8, 4) is 0 Å². The minimum atomic E-state index is -0.469. The number of aliphatic hydroxyl groups excluding tert-OH is 2. The molecule has 0 fully saturated rings. The predicted octanol–water partition coefficient (Wildman–Crippen LogP) is 4.02. The summed E-state index contributed by atoms with van der Waals surface area (Å²) in [4.78, 5) is 50.7. The second kappa shape index (κ2) is 37.2. The fourth-order valence-corrected chi connectivity index (χ4v) is 7.81. The summed E-state index contributed by atoms with van der Waals surface area (Å²) in [5.74, 6) is 7.96. The highest BCUT2D eigenvalue weighted by Gasteiger charge is 2.02. The van der Waals surface area contributed by atoms with Crippen LogP contribution in [0.3, 0.4) is 0 Å². The molecule has 13 nitrogen and oxygen atoms in total. The normalized spacial score (nSPS) is 11.3. The Labute approximate surface area is 277 Å². The topological polar surface area (TPSA) is 170 Å². The van der Waals surface area contributed by atoms with Crippen molar-refractivity contribution in [2.45, 2.75) is 12.8 Å². The molecule has 0 unspecified atom stereocenters. The second-order valence-corrected chi connectivity index (χ2v) is 14.8. The van der Waals surface area contributed by atoms with Crippen LogP contribution < -0.4 is 10.6 Å². The number of aliphatic imine (C=N–C) groups is 2. The number of amides is 2. The van der Waals surface area contributed by atoms with Crippen molar-refractivity contribution in [3.05, 3.63) is 0 Å². The van der Waals surface area contributed by atoms with E-state index in [1.807, 2.05) is 0 Å². The minimum Gasteiger partial charge on any atom is -0.449 e. The lowest BCUT2D eigenvalue weighted by Crippen LogP contribution is -2.24. The number of nitrogens with one attached hydrogen (secondary N) is 2. The number of ether oxygens (including phenoxy) is 1. The zero-order valence-corrected chi connectivity index (χ0v) is 29.1. The Morgan fingerprint density at radius 1 is 0.690 bits per heavy atom. The number of alkyl carbamates (subject to hydrolysis) is 1. The van der Waals surface area contributed by atoms with Crippen LogP contribution in [-0.2, 0) is 24.3 Å². The first-order chi connectivity index (χ1) is 20.7. The van der Waals surface area contributed by atoms with Crippen molar-refractivity contribution >= 4 is 106 Å². The van der Waals surface area contributed by atoms with Gasteiger partial charge in [-0.2, -0.15) is 9.78 Å². The molecule has 20 heteroatoms. The van der Waals surface area contributed by atoms with E-state index in [9.17, 15) is 9.59 Å². The van der Waals surface area contributed by atoms with E-state index in [0.29, 0.717) is 54.0 Å². The Morgan fingerprint density at radius 3 is 1.95 bits per heavy atom. The van der Waals surface area contributed by atoms with Gasteiger partial charge in [0.25, 0.3) is 5.24 Å². The smallest absolute Gasteiger partial charge is 0.407 e. The molecule has 246 valence electrons. The molecule has 0 aromatic carbocycles. The largest absolute Gasteiger partial charge is 0.449 e. The van der Waals surface area contributed by atoms with Crippen molar-refractivity contribution in [2.24, 2.45) is 9.98 Å². The van der Waals surface area contributed by atoms with Crippen LogP contribution in [-0.4, -0.2) is 130 Å². The molecule has 2 amide bonds. The summed E-state index contributed by atoms with van der Waals surface area (Å²) in [5.41, 5.74) is 0. The standard InChI is InChI=1S/C22H42N4O9S7/c27-3-1-5-31-21(29)25-17-38-9-7-36-16-24-14-34-35-19-40-11-12-41-20-42-22(30)26-18-39-10-8-37-15-23-13-33-32-6-2-4-28/h13-14,27-28H,1-12,15-20H2,(H,25,29)(H,26,30). The van der Waals surface area contributed by atoms with Gasteiger partial charge in [0, 0.05) is 59.2 Å². The first kappa shape index (κ1) is 42.0. The number of carbonyl (C=O) groups excluding carboxylic acids is 2. The summed E-state index contributed by atoms with van der Waals surface area (Å²) in [7, 11) is 0. The van der Waals surface area contributed by atoms with E-state index in [1.54, 1.807) is 70.6 Å². The molecule has 0 bridgehead atoms. The van der Waals surface area contributed by atoms with E-state index in [4.69, 9.17) is 34.5 Å². The third-order valence-corrected chi connectivity index (χ3v) is 10.7. The summed E-state index contributed by atoms with van der Waals surface area (Å²) in [6.45, 7) is 0.620. The van der Waals surface area contributed by atoms with Crippen LogP contribution in [0.5, 0.6) is 0 Å². The fourth-order valence-electron chi connectivity index (χ4n) is 1.91. The SMILES string of the molecule is O=C(NCSCCSCN=COOCSCCSCSC(=O)NCSCCSCN=COOCCCO)OCCCO. The summed E-state index contributed by atoms with van der Waals surface area (Å²) < 4.78 is 4.85. The Hall–Kier alpha value is -0.0300. The van der Waals surface area contributed by atoms with E-state index < -0.39 is 6.09 Å². The Balaban J connectivity index is 3.26. The molecule has 0 saturated carbocycles. The maximum atomic E-state index is 11.8. The summed E-state index contributed by atoms with van der Waals surface area (Å²) in [6.07, 6.45) is 3.04. The van der Waals surface area contributed by atoms with E-state index in [-0.39, 0.29) is 25.1 Å². The van der Waals surface area contributed by atoms with Crippen LogP contribution in [0.2, 0.25) is 0 Å². The quantitative estimate of drug-likeness (QED) is 0.0201. The molecule has 0 radical (unpaired) electrons. The molecule has 0 spiro atoms. The lowest BCUT2D eigenvalue weighted by Gasteiger charge is -2.05. The van der Waals surface area contributed by atoms with Crippen molar-refractivity contribution in [3.63, 3.8) is 0 Å². The van der Waals surface area contributed by atoms with Crippen LogP contribution in [0, 0.1) is 0 Å².